The van der Waals surface area contributed by atoms with Crippen LogP contribution in [0.2, 0.25) is 6.04 Å². The van der Waals surface area contributed by atoms with Crippen LogP contribution in [0.1, 0.15) is 13.3 Å². The molecule has 0 aliphatic heterocycles. The summed E-state index contributed by atoms with van der Waals surface area (Å²) in [6, 6.07) is 1.04. The molecule has 0 rings (SSSR count). The minimum Gasteiger partial charge on any atom is -0.463 e. The first-order valence-corrected chi connectivity index (χ1v) is 6.07. The van der Waals surface area contributed by atoms with Gasteiger partial charge in [0.05, 0.1) is 6.61 Å². The molecule has 0 aliphatic rings. The Morgan fingerprint density at radius 2 is 2.42 bits per heavy atom. The number of esters is 1. The highest BCUT2D eigenvalue weighted by molar-refractivity contribution is 6.43. The Hall–Kier alpha value is -0.833. The summed E-state index contributed by atoms with van der Waals surface area (Å²) < 4.78 is 4.84. The second kappa shape index (κ2) is 8.27. The number of carbonyl (C=O) groups is 1. The number of hydrogen-bond donors (Lipinski definition) is 0. The van der Waals surface area contributed by atoms with Gasteiger partial charge in [0.15, 0.2) is 0 Å². The van der Waals surface area contributed by atoms with Crippen molar-refractivity contribution in [3.05, 3.63) is 24.4 Å². The van der Waals surface area contributed by atoms with Crippen molar-refractivity contribution in [3.8, 4) is 0 Å². The number of carbonyl (C=O) groups excluding carboxylic acids is 1. The maximum absolute atomic E-state index is 10.9. The lowest BCUT2D eigenvalue weighted by atomic mass is 10.5. The molecule has 0 spiro atoms. The van der Waals surface area contributed by atoms with Crippen molar-refractivity contribution in [1.82, 2.24) is 0 Å². The van der Waals surface area contributed by atoms with E-state index in [1.54, 1.807) is 0 Å². The van der Waals surface area contributed by atoms with Crippen LogP contribution in [-0.2, 0) is 9.53 Å². The van der Waals surface area contributed by atoms with Crippen LogP contribution in [0.15, 0.2) is 24.4 Å². The first-order valence-electron chi connectivity index (χ1n) is 4.25. The van der Waals surface area contributed by atoms with Gasteiger partial charge in [0, 0.05) is 15.6 Å². The zero-order valence-corrected chi connectivity index (χ0v) is 9.00. The SMILES string of the molecule is C=CC[SiH2]C=CC(=O)OCCC. The monoisotopic (exact) mass is 184 g/mol. The molecule has 0 unspecified atom stereocenters. The molecule has 12 heavy (non-hydrogen) atoms. The first-order chi connectivity index (χ1) is 5.81. The molecule has 0 aliphatic carbocycles. The molecule has 0 amide bonds. The Labute approximate surface area is 76.1 Å². The van der Waals surface area contributed by atoms with Crippen molar-refractivity contribution < 1.29 is 9.53 Å². The number of ether oxygens (including phenoxy) is 1. The predicted molar refractivity (Wildman–Crippen MR) is 53.9 cm³/mol. The summed E-state index contributed by atoms with van der Waals surface area (Å²) in [7, 11) is -0.254. The van der Waals surface area contributed by atoms with Crippen LogP contribution in [0, 0.1) is 0 Å². The van der Waals surface area contributed by atoms with Crippen LogP contribution < -0.4 is 0 Å². The molecule has 0 aromatic rings. The molecular weight excluding hydrogens is 168 g/mol. The van der Waals surface area contributed by atoms with Crippen molar-refractivity contribution in [2.45, 2.75) is 19.4 Å². The van der Waals surface area contributed by atoms with E-state index in [1.807, 2.05) is 18.7 Å². The molecule has 68 valence electrons. The molecule has 0 atom stereocenters. The molecule has 0 radical (unpaired) electrons. The third kappa shape index (κ3) is 7.28. The lowest BCUT2D eigenvalue weighted by Crippen LogP contribution is -2.01. The van der Waals surface area contributed by atoms with Gasteiger partial charge in [0.25, 0.3) is 0 Å². The Balaban J connectivity index is 3.39. The molecule has 0 saturated carbocycles. The van der Waals surface area contributed by atoms with Crippen LogP contribution in [0.4, 0.5) is 0 Å². The van der Waals surface area contributed by atoms with Gasteiger partial charge in [-0.1, -0.05) is 18.7 Å². The largest absolute Gasteiger partial charge is 0.463 e. The molecule has 0 saturated heterocycles. The lowest BCUT2D eigenvalue weighted by molar-refractivity contribution is -0.137. The number of rotatable bonds is 6. The molecule has 0 bridgehead atoms. The van der Waals surface area contributed by atoms with Crippen LogP contribution in [0.5, 0.6) is 0 Å². The van der Waals surface area contributed by atoms with E-state index < -0.39 is 0 Å². The third-order valence-corrected chi connectivity index (χ3v) is 2.55. The van der Waals surface area contributed by atoms with Crippen molar-refractivity contribution in [2.24, 2.45) is 0 Å². The molecular formula is C9H16O2Si. The van der Waals surface area contributed by atoms with Crippen LogP contribution >= 0.6 is 0 Å². The summed E-state index contributed by atoms with van der Waals surface area (Å²) in [6.45, 7) is 6.11. The van der Waals surface area contributed by atoms with E-state index in [0.29, 0.717) is 6.61 Å². The quantitative estimate of drug-likeness (QED) is 0.204. The van der Waals surface area contributed by atoms with E-state index >= 15 is 0 Å². The first kappa shape index (κ1) is 11.2. The van der Waals surface area contributed by atoms with E-state index in [-0.39, 0.29) is 15.5 Å². The summed E-state index contributed by atoms with van der Waals surface area (Å²) in [4.78, 5) is 10.9. The zero-order valence-electron chi connectivity index (χ0n) is 7.58. The molecule has 2 nitrogen and oxygen atoms in total. The fourth-order valence-electron chi connectivity index (χ4n) is 0.644. The summed E-state index contributed by atoms with van der Waals surface area (Å²) in [5.41, 5.74) is 1.94. The van der Waals surface area contributed by atoms with E-state index in [0.717, 1.165) is 12.5 Å². The molecule has 0 N–H and O–H groups in total. The smallest absolute Gasteiger partial charge is 0.330 e. The topological polar surface area (TPSA) is 26.3 Å². The number of hydrogen-bond acceptors (Lipinski definition) is 2. The summed E-state index contributed by atoms with van der Waals surface area (Å²) in [6.07, 6.45) is 4.29. The predicted octanol–water partition coefficient (Wildman–Crippen LogP) is 1.23. The fourth-order valence-corrected chi connectivity index (χ4v) is 1.43. The third-order valence-electron chi connectivity index (χ3n) is 1.24. The van der Waals surface area contributed by atoms with Gasteiger partial charge in [-0.15, -0.1) is 6.58 Å². The molecule has 0 aromatic heterocycles. The van der Waals surface area contributed by atoms with E-state index in [2.05, 4.69) is 6.58 Å². The van der Waals surface area contributed by atoms with E-state index in [9.17, 15) is 4.79 Å². The minimum absolute atomic E-state index is 0.214. The highest BCUT2D eigenvalue weighted by Crippen LogP contribution is 1.86. The van der Waals surface area contributed by atoms with E-state index in [1.165, 1.54) is 6.08 Å². The summed E-state index contributed by atoms with van der Waals surface area (Å²) in [5, 5.41) is 0. The average molecular weight is 184 g/mol. The molecule has 0 aromatic carbocycles. The van der Waals surface area contributed by atoms with Gasteiger partial charge in [0.1, 0.15) is 0 Å². The highest BCUT2D eigenvalue weighted by Gasteiger charge is 1.92. The van der Waals surface area contributed by atoms with Crippen molar-refractivity contribution in [1.29, 1.82) is 0 Å². The van der Waals surface area contributed by atoms with Crippen LogP contribution in [-0.4, -0.2) is 22.1 Å². The lowest BCUT2D eigenvalue weighted by Gasteiger charge is -1.96. The van der Waals surface area contributed by atoms with Gasteiger partial charge in [-0.25, -0.2) is 4.79 Å². The van der Waals surface area contributed by atoms with Gasteiger partial charge in [-0.05, 0) is 12.5 Å². The van der Waals surface area contributed by atoms with Crippen molar-refractivity contribution in [3.63, 3.8) is 0 Å². The Morgan fingerprint density at radius 1 is 1.67 bits per heavy atom. The molecule has 0 fully saturated rings. The maximum Gasteiger partial charge on any atom is 0.330 e. The minimum atomic E-state index is -0.254. The van der Waals surface area contributed by atoms with Gasteiger partial charge >= 0.3 is 5.97 Å². The maximum atomic E-state index is 10.9. The Kier molecular flexibility index (Phi) is 7.69. The highest BCUT2D eigenvalue weighted by atomic mass is 28.2. The normalized spacial score (nSPS) is 11.1. The van der Waals surface area contributed by atoms with Crippen molar-refractivity contribution in [2.75, 3.05) is 6.61 Å². The van der Waals surface area contributed by atoms with Gasteiger partial charge in [-0.2, -0.15) is 0 Å². The zero-order chi connectivity index (χ0) is 9.23. The van der Waals surface area contributed by atoms with Crippen molar-refractivity contribution >= 4 is 15.5 Å². The van der Waals surface area contributed by atoms with E-state index in [4.69, 9.17) is 4.74 Å². The molecule has 3 heteroatoms. The molecule has 0 heterocycles. The van der Waals surface area contributed by atoms with Gasteiger partial charge in [0.2, 0.25) is 0 Å². The van der Waals surface area contributed by atoms with Crippen LogP contribution in [0.25, 0.3) is 0 Å². The van der Waals surface area contributed by atoms with Crippen LogP contribution in [0.3, 0.4) is 0 Å². The summed E-state index contributed by atoms with van der Waals surface area (Å²) in [5.74, 6) is -0.214. The second-order valence-electron chi connectivity index (χ2n) is 2.44. The van der Waals surface area contributed by atoms with Gasteiger partial charge in [-0.3, -0.25) is 0 Å². The summed E-state index contributed by atoms with van der Waals surface area (Å²) >= 11 is 0. The Bertz CT molecular complexity index is 164. The fraction of sp³-hybridized carbons (Fsp3) is 0.444. The standard InChI is InChI=1S/C9H16O2Si/c1-3-6-11-9(10)5-8-12-7-4-2/h4-5,8H,2-3,6-7,12H2,1H3. The Morgan fingerprint density at radius 3 is 3.00 bits per heavy atom. The van der Waals surface area contributed by atoms with Gasteiger partial charge < -0.3 is 4.74 Å². The number of allylic oxidation sites excluding steroid dienone is 1. The average Bonchev–Trinajstić information content (AvgIpc) is 2.09. The second-order valence-corrected chi connectivity index (χ2v) is 4.06.